The van der Waals surface area contributed by atoms with Crippen molar-refractivity contribution in [3.63, 3.8) is 0 Å². The lowest BCUT2D eigenvalue weighted by Gasteiger charge is -2.13. The van der Waals surface area contributed by atoms with E-state index in [0.717, 1.165) is 4.90 Å². The molecular formula is C14H14N2O4S. The van der Waals surface area contributed by atoms with Gasteiger partial charge >= 0.3 is 0 Å². The fraction of sp³-hybridized carbons (Fsp3) is 0.357. The zero-order valence-corrected chi connectivity index (χ0v) is 12.1. The van der Waals surface area contributed by atoms with E-state index in [1.165, 1.54) is 0 Å². The second-order valence-corrected chi connectivity index (χ2v) is 7.02. The second kappa shape index (κ2) is 6.06. The maximum Gasteiger partial charge on any atom is 0.261 e. The molecule has 0 bridgehead atoms. The fourth-order valence-corrected chi connectivity index (χ4v) is 3.36. The van der Waals surface area contributed by atoms with E-state index in [1.807, 2.05) is 0 Å². The van der Waals surface area contributed by atoms with Crippen LogP contribution in [0.2, 0.25) is 0 Å². The summed E-state index contributed by atoms with van der Waals surface area (Å²) in [5.74, 6) is -1.09. The Morgan fingerprint density at radius 3 is 2.14 bits per heavy atom. The van der Waals surface area contributed by atoms with Crippen molar-refractivity contribution in [1.82, 2.24) is 4.90 Å². The Kier molecular flexibility index (Phi) is 4.38. The molecule has 1 aliphatic rings. The normalized spacial score (nSPS) is 14.1. The highest BCUT2D eigenvalue weighted by molar-refractivity contribution is 7.91. The highest BCUT2D eigenvalue weighted by atomic mass is 32.2. The van der Waals surface area contributed by atoms with Gasteiger partial charge in [0.15, 0.2) is 9.84 Å². The van der Waals surface area contributed by atoms with Crippen LogP contribution in [0.3, 0.4) is 0 Å². The van der Waals surface area contributed by atoms with Crippen LogP contribution in [0.1, 0.15) is 33.6 Å². The predicted molar refractivity (Wildman–Crippen MR) is 75.3 cm³/mol. The van der Waals surface area contributed by atoms with Crippen LogP contribution in [-0.2, 0) is 9.84 Å². The summed E-state index contributed by atoms with van der Waals surface area (Å²) in [6.07, 6.45) is 0.134. The lowest BCUT2D eigenvalue weighted by atomic mass is 10.1. The number of fused-ring (bicyclic) bond motifs is 1. The molecule has 1 aromatic rings. The molecule has 0 radical (unpaired) electrons. The van der Waals surface area contributed by atoms with Crippen LogP contribution in [0.5, 0.6) is 0 Å². The van der Waals surface area contributed by atoms with Crippen molar-refractivity contribution in [3.05, 3.63) is 35.4 Å². The standard InChI is InChI=1S/C14H14N2O4S/c15-7-3-9-21(19,20)10-4-8-16-13(17)11-5-1-2-6-12(11)14(16)18/h1-2,5-6H,3-4,8-10H2. The smallest absolute Gasteiger partial charge is 0.261 e. The molecule has 0 spiro atoms. The number of benzene rings is 1. The molecule has 2 rings (SSSR count). The molecule has 6 nitrogen and oxygen atoms in total. The van der Waals surface area contributed by atoms with E-state index in [-0.39, 0.29) is 42.7 Å². The molecule has 0 aromatic heterocycles. The average Bonchev–Trinajstić information content (AvgIpc) is 2.71. The first-order chi connectivity index (χ1) is 9.96. The quantitative estimate of drug-likeness (QED) is 0.731. The van der Waals surface area contributed by atoms with Crippen LogP contribution in [0.15, 0.2) is 24.3 Å². The van der Waals surface area contributed by atoms with E-state index in [0.29, 0.717) is 11.1 Å². The van der Waals surface area contributed by atoms with E-state index in [9.17, 15) is 18.0 Å². The van der Waals surface area contributed by atoms with Gasteiger partial charge in [0.25, 0.3) is 11.8 Å². The van der Waals surface area contributed by atoms with Gasteiger partial charge in [0.2, 0.25) is 0 Å². The Morgan fingerprint density at radius 1 is 1.05 bits per heavy atom. The minimum atomic E-state index is -3.31. The lowest BCUT2D eigenvalue weighted by Crippen LogP contribution is -2.31. The number of nitrogens with zero attached hydrogens (tertiary/aromatic N) is 2. The molecule has 110 valence electrons. The molecule has 7 heteroatoms. The number of sulfone groups is 1. The Balaban J connectivity index is 1.96. The fourth-order valence-electron chi connectivity index (χ4n) is 2.19. The van der Waals surface area contributed by atoms with Crippen molar-refractivity contribution in [2.45, 2.75) is 12.8 Å². The molecule has 1 aliphatic heterocycles. The molecule has 1 heterocycles. The second-order valence-electron chi connectivity index (χ2n) is 4.72. The highest BCUT2D eigenvalue weighted by Crippen LogP contribution is 2.22. The van der Waals surface area contributed by atoms with Crippen LogP contribution in [-0.4, -0.2) is 43.2 Å². The van der Waals surface area contributed by atoms with Crippen molar-refractivity contribution < 1.29 is 18.0 Å². The van der Waals surface area contributed by atoms with Crippen LogP contribution in [0.4, 0.5) is 0 Å². The van der Waals surface area contributed by atoms with Gasteiger partial charge in [-0.25, -0.2) is 8.42 Å². The van der Waals surface area contributed by atoms with Crippen LogP contribution < -0.4 is 0 Å². The molecule has 2 amide bonds. The number of carbonyl (C=O) groups excluding carboxylic acids is 2. The Bertz CT molecular complexity index is 684. The highest BCUT2D eigenvalue weighted by Gasteiger charge is 2.34. The van der Waals surface area contributed by atoms with Crippen LogP contribution >= 0.6 is 0 Å². The summed E-state index contributed by atoms with van der Waals surface area (Å²) in [7, 11) is -3.31. The van der Waals surface area contributed by atoms with Crippen LogP contribution in [0, 0.1) is 11.3 Å². The summed E-state index contributed by atoms with van der Waals surface area (Å²) >= 11 is 0. The third kappa shape index (κ3) is 3.28. The number of nitriles is 1. The van der Waals surface area contributed by atoms with Gasteiger partial charge in [0.05, 0.1) is 28.7 Å². The Hall–Kier alpha value is -2.20. The number of imide groups is 1. The summed E-state index contributed by atoms with van der Waals surface area (Å²) < 4.78 is 23.2. The van der Waals surface area contributed by atoms with Crippen molar-refractivity contribution in [3.8, 4) is 6.07 Å². The molecule has 21 heavy (non-hydrogen) atoms. The topological polar surface area (TPSA) is 95.3 Å². The van der Waals surface area contributed by atoms with Crippen molar-refractivity contribution in [2.24, 2.45) is 0 Å². The third-order valence-corrected chi connectivity index (χ3v) is 4.98. The summed E-state index contributed by atoms with van der Waals surface area (Å²) in [6, 6.07) is 8.31. The first-order valence-corrected chi connectivity index (χ1v) is 8.31. The Morgan fingerprint density at radius 2 is 1.62 bits per heavy atom. The van der Waals surface area contributed by atoms with Crippen LogP contribution in [0.25, 0.3) is 0 Å². The van der Waals surface area contributed by atoms with E-state index in [4.69, 9.17) is 5.26 Å². The van der Waals surface area contributed by atoms with Gasteiger partial charge in [0.1, 0.15) is 0 Å². The largest absolute Gasteiger partial charge is 0.274 e. The first kappa shape index (κ1) is 15.2. The van der Waals surface area contributed by atoms with Gasteiger partial charge < -0.3 is 0 Å². The monoisotopic (exact) mass is 306 g/mol. The number of carbonyl (C=O) groups is 2. The minimum absolute atomic E-state index is 0.0463. The van der Waals surface area contributed by atoms with Crippen molar-refractivity contribution >= 4 is 21.7 Å². The zero-order chi connectivity index (χ0) is 15.5. The summed E-state index contributed by atoms with van der Waals surface area (Å²) in [6.45, 7) is 0.0676. The number of hydrogen-bond acceptors (Lipinski definition) is 5. The van der Waals surface area contributed by atoms with Gasteiger partial charge in [-0.1, -0.05) is 12.1 Å². The van der Waals surface area contributed by atoms with Gasteiger partial charge in [-0.3, -0.25) is 14.5 Å². The van der Waals surface area contributed by atoms with E-state index < -0.39 is 9.84 Å². The predicted octanol–water partition coefficient (Wildman–Crippen LogP) is 1.00. The van der Waals surface area contributed by atoms with Crippen molar-refractivity contribution in [1.29, 1.82) is 5.26 Å². The molecule has 0 fully saturated rings. The van der Waals surface area contributed by atoms with Gasteiger partial charge in [0, 0.05) is 13.0 Å². The average molecular weight is 306 g/mol. The maximum atomic E-state index is 12.0. The molecule has 0 unspecified atom stereocenters. The first-order valence-electron chi connectivity index (χ1n) is 6.49. The molecule has 1 aromatic carbocycles. The molecular weight excluding hydrogens is 292 g/mol. The molecule has 0 N–H and O–H groups in total. The van der Waals surface area contributed by atoms with Gasteiger partial charge in [-0.05, 0) is 18.6 Å². The SMILES string of the molecule is N#CCCS(=O)(=O)CCCN1C(=O)c2ccccc2C1=O. The summed E-state index contributed by atoms with van der Waals surface area (Å²) in [5, 5.41) is 8.39. The molecule has 0 saturated heterocycles. The molecule has 0 atom stereocenters. The molecule has 0 saturated carbocycles. The minimum Gasteiger partial charge on any atom is -0.274 e. The van der Waals surface area contributed by atoms with E-state index in [1.54, 1.807) is 30.3 Å². The zero-order valence-electron chi connectivity index (χ0n) is 11.3. The van der Waals surface area contributed by atoms with Gasteiger partial charge in [-0.15, -0.1) is 0 Å². The summed E-state index contributed by atoms with van der Waals surface area (Å²) in [5.41, 5.74) is 0.713. The lowest BCUT2D eigenvalue weighted by molar-refractivity contribution is 0.0654. The Labute approximate surface area is 122 Å². The van der Waals surface area contributed by atoms with Gasteiger partial charge in [-0.2, -0.15) is 5.26 Å². The van der Waals surface area contributed by atoms with Crippen molar-refractivity contribution in [2.75, 3.05) is 18.1 Å². The molecule has 0 aliphatic carbocycles. The maximum absolute atomic E-state index is 12.0. The third-order valence-electron chi connectivity index (χ3n) is 3.24. The van der Waals surface area contributed by atoms with E-state index in [2.05, 4.69) is 0 Å². The summed E-state index contributed by atoms with van der Waals surface area (Å²) in [4.78, 5) is 25.2. The number of hydrogen-bond donors (Lipinski definition) is 0. The number of amides is 2. The number of rotatable bonds is 6. The van der Waals surface area contributed by atoms with E-state index >= 15 is 0 Å².